The van der Waals surface area contributed by atoms with Crippen molar-refractivity contribution in [1.82, 2.24) is 10.6 Å². The van der Waals surface area contributed by atoms with Crippen LogP contribution in [0.4, 0.5) is 13.2 Å². The van der Waals surface area contributed by atoms with E-state index in [0.717, 1.165) is 6.42 Å². The lowest BCUT2D eigenvalue weighted by atomic mass is 10.1. The molecule has 0 bridgehead atoms. The Morgan fingerprint density at radius 2 is 1.93 bits per heavy atom. The van der Waals surface area contributed by atoms with Gasteiger partial charge in [0.2, 0.25) is 0 Å². The smallest absolute Gasteiger partial charge is 0.406 e. The Morgan fingerprint density at radius 3 is 2.50 bits per heavy atom. The van der Waals surface area contributed by atoms with Crippen molar-refractivity contribution >= 4 is 41.3 Å². The number of halogens is 4. The molecule has 2 rings (SSSR count). The van der Waals surface area contributed by atoms with Crippen molar-refractivity contribution in [1.29, 1.82) is 0 Å². The second kappa shape index (κ2) is 12.1. The van der Waals surface area contributed by atoms with E-state index in [1.165, 1.54) is 29.1 Å². The third-order valence-corrected chi connectivity index (χ3v) is 4.45. The molecule has 5 nitrogen and oxygen atoms in total. The van der Waals surface area contributed by atoms with Crippen molar-refractivity contribution < 1.29 is 23.0 Å². The third kappa shape index (κ3) is 9.11. The van der Waals surface area contributed by atoms with Gasteiger partial charge in [0.15, 0.2) is 5.96 Å². The van der Waals surface area contributed by atoms with Gasteiger partial charge in [0, 0.05) is 18.0 Å². The highest BCUT2D eigenvalue weighted by Crippen LogP contribution is 2.24. The van der Waals surface area contributed by atoms with Gasteiger partial charge < -0.3 is 20.5 Å². The van der Waals surface area contributed by atoms with Crippen LogP contribution in [0.2, 0.25) is 0 Å². The molecule has 0 amide bonds. The number of alkyl halides is 3. The van der Waals surface area contributed by atoms with Crippen LogP contribution in [-0.2, 0) is 6.42 Å². The van der Waals surface area contributed by atoms with Crippen LogP contribution in [0.1, 0.15) is 23.5 Å². The van der Waals surface area contributed by atoms with E-state index >= 15 is 0 Å². The Morgan fingerprint density at radius 1 is 1.21 bits per heavy atom. The standard InChI is InChI=1S/C18H22F3N3O2S.HI/c1-2-22-17(23-10-9-15-4-3-11-27-15)24-12-16(25)13-5-7-14(8-6-13)26-18(19,20)21;/h3-8,11,16,25H,2,9-10,12H2,1H3,(H2,22,23,24);1H. The van der Waals surface area contributed by atoms with Gasteiger partial charge >= 0.3 is 6.36 Å². The number of guanidine groups is 1. The van der Waals surface area contributed by atoms with Crippen LogP contribution >= 0.6 is 35.3 Å². The van der Waals surface area contributed by atoms with E-state index in [-0.39, 0.29) is 36.3 Å². The monoisotopic (exact) mass is 529 g/mol. The minimum Gasteiger partial charge on any atom is -0.406 e. The van der Waals surface area contributed by atoms with E-state index in [1.54, 1.807) is 11.3 Å². The zero-order valence-electron chi connectivity index (χ0n) is 15.2. The molecule has 10 heteroatoms. The summed E-state index contributed by atoms with van der Waals surface area (Å²) < 4.78 is 40.3. The number of benzene rings is 1. The summed E-state index contributed by atoms with van der Waals surface area (Å²) in [5.74, 6) is 0.246. The largest absolute Gasteiger partial charge is 0.573 e. The van der Waals surface area contributed by atoms with Crippen LogP contribution in [0.15, 0.2) is 46.8 Å². The molecule has 0 spiro atoms. The van der Waals surface area contributed by atoms with Crippen molar-refractivity contribution in [2.45, 2.75) is 25.8 Å². The van der Waals surface area contributed by atoms with Crippen molar-refractivity contribution in [2.24, 2.45) is 4.99 Å². The van der Waals surface area contributed by atoms with Crippen LogP contribution in [0, 0.1) is 0 Å². The molecule has 1 heterocycles. The van der Waals surface area contributed by atoms with Crippen molar-refractivity contribution in [3.8, 4) is 5.75 Å². The zero-order valence-corrected chi connectivity index (χ0v) is 18.3. The van der Waals surface area contributed by atoms with Crippen molar-refractivity contribution in [3.63, 3.8) is 0 Å². The van der Waals surface area contributed by atoms with Crippen LogP contribution in [0.5, 0.6) is 5.75 Å². The molecule has 0 aliphatic carbocycles. The number of nitrogens with zero attached hydrogens (tertiary/aromatic N) is 1. The number of thiophene rings is 1. The molecule has 1 aromatic carbocycles. The number of nitrogens with one attached hydrogen (secondary N) is 2. The number of hydrogen-bond acceptors (Lipinski definition) is 4. The molecule has 1 unspecified atom stereocenters. The lowest BCUT2D eigenvalue weighted by Crippen LogP contribution is -2.38. The minimum atomic E-state index is -4.74. The molecule has 0 aliphatic rings. The molecule has 1 atom stereocenters. The molecule has 156 valence electrons. The Hall–Kier alpha value is -1.53. The molecule has 0 saturated carbocycles. The predicted molar refractivity (Wildman–Crippen MR) is 116 cm³/mol. The highest BCUT2D eigenvalue weighted by atomic mass is 127. The highest BCUT2D eigenvalue weighted by molar-refractivity contribution is 14.0. The lowest BCUT2D eigenvalue weighted by molar-refractivity contribution is -0.274. The van der Waals surface area contributed by atoms with Crippen molar-refractivity contribution in [2.75, 3.05) is 19.6 Å². The highest BCUT2D eigenvalue weighted by Gasteiger charge is 2.31. The summed E-state index contributed by atoms with van der Waals surface area (Å²) in [4.78, 5) is 5.59. The van der Waals surface area contributed by atoms with Crippen LogP contribution < -0.4 is 15.4 Å². The average molecular weight is 529 g/mol. The maximum atomic E-state index is 12.2. The molecule has 0 radical (unpaired) electrons. The summed E-state index contributed by atoms with van der Waals surface area (Å²) in [6.07, 6.45) is -4.80. The summed E-state index contributed by atoms with van der Waals surface area (Å²) in [5, 5.41) is 18.5. The normalized spacial score (nSPS) is 12.8. The van der Waals surface area contributed by atoms with Gasteiger partial charge in [0.25, 0.3) is 0 Å². The number of aliphatic hydroxyl groups excluding tert-OH is 1. The summed E-state index contributed by atoms with van der Waals surface area (Å²) in [6.45, 7) is 3.39. The first-order valence-corrected chi connectivity index (χ1v) is 9.33. The minimum absolute atomic E-state index is 0. The van der Waals surface area contributed by atoms with Gasteiger partial charge in [0.05, 0.1) is 12.6 Å². The number of aliphatic hydroxyl groups is 1. The number of aliphatic imine (C=N–C) groups is 1. The summed E-state index contributed by atoms with van der Waals surface area (Å²) >= 11 is 1.69. The Labute approximate surface area is 183 Å². The molecule has 3 N–H and O–H groups in total. The zero-order chi connectivity index (χ0) is 19.7. The summed E-state index contributed by atoms with van der Waals surface area (Å²) in [7, 11) is 0. The number of rotatable bonds is 8. The summed E-state index contributed by atoms with van der Waals surface area (Å²) in [6, 6.07) is 9.17. The molecule has 0 aliphatic heterocycles. The Balaban J connectivity index is 0.00000392. The second-order valence-electron chi connectivity index (χ2n) is 5.61. The van der Waals surface area contributed by atoms with E-state index in [2.05, 4.69) is 26.4 Å². The molecule has 28 heavy (non-hydrogen) atoms. The summed E-state index contributed by atoms with van der Waals surface area (Å²) in [5.41, 5.74) is 0.461. The van der Waals surface area contributed by atoms with E-state index in [0.29, 0.717) is 24.6 Å². The van der Waals surface area contributed by atoms with Gasteiger partial charge in [-0.1, -0.05) is 18.2 Å². The fourth-order valence-electron chi connectivity index (χ4n) is 2.28. The van der Waals surface area contributed by atoms with Gasteiger partial charge in [-0.3, -0.25) is 4.99 Å². The number of hydrogen-bond donors (Lipinski definition) is 3. The van der Waals surface area contributed by atoms with E-state index in [9.17, 15) is 18.3 Å². The fraction of sp³-hybridized carbons (Fsp3) is 0.389. The molecule has 2 aromatic rings. The van der Waals surface area contributed by atoms with E-state index < -0.39 is 12.5 Å². The van der Waals surface area contributed by atoms with E-state index in [4.69, 9.17) is 0 Å². The fourth-order valence-corrected chi connectivity index (χ4v) is 2.98. The van der Waals surface area contributed by atoms with Gasteiger partial charge in [-0.05, 0) is 42.5 Å². The number of ether oxygens (including phenoxy) is 1. The molecule has 0 fully saturated rings. The topological polar surface area (TPSA) is 65.9 Å². The first-order chi connectivity index (χ1) is 12.9. The second-order valence-corrected chi connectivity index (χ2v) is 6.64. The van der Waals surface area contributed by atoms with Crippen LogP contribution in [0.25, 0.3) is 0 Å². The van der Waals surface area contributed by atoms with Crippen LogP contribution in [0.3, 0.4) is 0 Å². The average Bonchev–Trinajstić information content (AvgIpc) is 3.12. The maximum Gasteiger partial charge on any atom is 0.573 e. The lowest BCUT2D eigenvalue weighted by Gasteiger charge is -2.14. The molecular formula is C18H23F3IN3O2S. The Bertz CT molecular complexity index is 710. The van der Waals surface area contributed by atoms with E-state index in [1.807, 2.05) is 18.4 Å². The van der Waals surface area contributed by atoms with Crippen LogP contribution in [-0.4, -0.2) is 37.1 Å². The molecule has 1 aromatic heterocycles. The molecule has 0 saturated heterocycles. The van der Waals surface area contributed by atoms with Gasteiger partial charge in [-0.15, -0.1) is 48.5 Å². The van der Waals surface area contributed by atoms with Gasteiger partial charge in [0.1, 0.15) is 5.75 Å². The first kappa shape index (κ1) is 24.5. The first-order valence-electron chi connectivity index (χ1n) is 8.45. The SMILES string of the molecule is CCNC(=NCC(O)c1ccc(OC(F)(F)F)cc1)NCCc1cccs1.I. The maximum absolute atomic E-state index is 12.2. The Kier molecular flexibility index (Phi) is 10.6. The van der Waals surface area contributed by atoms with Crippen molar-refractivity contribution in [3.05, 3.63) is 52.2 Å². The van der Waals surface area contributed by atoms with Gasteiger partial charge in [-0.2, -0.15) is 0 Å². The van der Waals surface area contributed by atoms with Gasteiger partial charge in [-0.25, -0.2) is 0 Å². The third-order valence-electron chi connectivity index (χ3n) is 3.51. The molecular weight excluding hydrogens is 506 g/mol. The predicted octanol–water partition coefficient (Wildman–Crippen LogP) is 4.10. The quantitative estimate of drug-likeness (QED) is 0.274.